The molecular weight excluding hydrogens is 703 g/mol. The first-order valence-electron chi connectivity index (χ1n) is 17.9. The Morgan fingerprint density at radius 3 is 1.96 bits per heavy atom. The second-order valence-electron chi connectivity index (χ2n) is 16.9. The van der Waals surface area contributed by atoms with Crippen molar-refractivity contribution in [2.75, 3.05) is 19.5 Å². The van der Waals surface area contributed by atoms with E-state index in [-0.39, 0.29) is 36.0 Å². The van der Waals surface area contributed by atoms with E-state index >= 15 is 8.78 Å². The number of benzene rings is 2. The molecule has 52 heavy (non-hydrogen) atoms. The average molecular weight is 749 g/mol. The van der Waals surface area contributed by atoms with E-state index < -0.39 is 68.5 Å². The second kappa shape index (κ2) is 12.1. The molecule has 0 bridgehead atoms. The van der Waals surface area contributed by atoms with Crippen molar-refractivity contribution < 1.29 is 50.1 Å². The second-order valence-corrected chi connectivity index (χ2v) is 18.9. The van der Waals surface area contributed by atoms with Crippen molar-refractivity contribution >= 4 is 9.84 Å². The number of hydrogen-bond acceptors (Lipinski definition) is 6. The lowest BCUT2D eigenvalue weighted by Crippen LogP contribution is -2.65. The minimum Gasteiger partial charge on any atom is -0.385 e. The van der Waals surface area contributed by atoms with Gasteiger partial charge in [-0.25, -0.2) is 8.42 Å². The molecule has 282 valence electrons. The van der Waals surface area contributed by atoms with Crippen LogP contribution in [0.15, 0.2) is 64.6 Å². The summed E-state index contributed by atoms with van der Waals surface area (Å²) in [6.45, 7) is 6.41. The van der Waals surface area contributed by atoms with Crippen LogP contribution >= 0.6 is 0 Å². The molecular formula is C40H45F5O6S. The monoisotopic (exact) mass is 748 g/mol. The maximum atomic E-state index is 15.4. The third-order valence-corrected chi connectivity index (χ3v) is 14.0. The predicted octanol–water partition coefficient (Wildman–Crippen LogP) is 7.71. The van der Waals surface area contributed by atoms with Crippen LogP contribution < -0.4 is 0 Å². The molecule has 0 amide bonds. The third-order valence-electron chi connectivity index (χ3n) is 12.8. The summed E-state index contributed by atoms with van der Waals surface area (Å²) in [7, 11) is -3.36. The molecule has 6 nitrogen and oxygen atoms in total. The lowest BCUT2D eigenvalue weighted by atomic mass is 9.49. The molecule has 5 aliphatic rings. The molecule has 4 fully saturated rings. The number of hydrogen-bond donors (Lipinski definition) is 2. The normalized spacial score (nSPS) is 34.2. The summed E-state index contributed by atoms with van der Waals surface area (Å²) in [6.07, 6.45) is -3.90. The van der Waals surface area contributed by atoms with E-state index in [4.69, 9.17) is 9.47 Å². The fourth-order valence-electron chi connectivity index (χ4n) is 10.0. The molecule has 0 aromatic heterocycles. The zero-order valence-electron chi connectivity index (χ0n) is 29.7. The number of ether oxygens (including phenoxy) is 2. The average Bonchev–Trinajstić information content (AvgIpc) is 3.35. The van der Waals surface area contributed by atoms with Gasteiger partial charge in [0.2, 0.25) is 0 Å². The van der Waals surface area contributed by atoms with Gasteiger partial charge >= 0.3 is 12.1 Å². The first kappa shape index (κ1) is 37.5. The lowest BCUT2D eigenvalue weighted by molar-refractivity contribution is -0.362. The van der Waals surface area contributed by atoms with E-state index in [0.717, 1.165) is 17.4 Å². The molecule has 3 unspecified atom stereocenters. The van der Waals surface area contributed by atoms with Crippen molar-refractivity contribution in [3.63, 3.8) is 0 Å². The highest BCUT2D eigenvalue weighted by Crippen LogP contribution is 2.71. The van der Waals surface area contributed by atoms with Crippen LogP contribution in [-0.2, 0) is 19.3 Å². The molecule has 3 saturated carbocycles. The summed E-state index contributed by atoms with van der Waals surface area (Å²) < 4.78 is 109. The summed E-state index contributed by atoms with van der Waals surface area (Å²) in [5, 5.41) is 24.0. The highest BCUT2D eigenvalue weighted by molar-refractivity contribution is 7.90. The zero-order valence-corrected chi connectivity index (χ0v) is 30.6. The predicted molar refractivity (Wildman–Crippen MR) is 183 cm³/mol. The Labute approximate surface area is 301 Å². The Hall–Kier alpha value is -2.82. The molecule has 7 rings (SSSR count). The minimum atomic E-state index is -5.93. The molecule has 12 heteroatoms. The van der Waals surface area contributed by atoms with Gasteiger partial charge < -0.3 is 19.7 Å². The van der Waals surface area contributed by atoms with E-state index in [2.05, 4.69) is 11.8 Å². The SMILES string of the molecule is CC1(C)COC2(CCC3=C4C(CCC3(O)C2)C2CC[C@@](O)(C(F)(F)C(F)(F)F)[C@@]2(C)C[C@@H]4c2ccc(C#Cc3ccc(S(C)(=O)=O)cc3)cc2)OC1. The molecule has 1 heterocycles. The summed E-state index contributed by atoms with van der Waals surface area (Å²) in [6, 6.07) is 13.2. The van der Waals surface area contributed by atoms with Crippen LogP contribution in [-0.4, -0.2) is 67.2 Å². The number of alkyl halides is 5. The molecule has 1 spiro atoms. The summed E-state index contributed by atoms with van der Waals surface area (Å²) >= 11 is 0. The molecule has 2 aromatic carbocycles. The van der Waals surface area contributed by atoms with Crippen molar-refractivity contribution in [1.29, 1.82) is 0 Å². The van der Waals surface area contributed by atoms with Crippen molar-refractivity contribution in [2.45, 2.75) is 112 Å². The summed E-state index contributed by atoms with van der Waals surface area (Å²) in [5.74, 6) is -1.94. The van der Waals surface area contributed by atoms with Gasteiger partial charge in [-0.1, -0.05) is 50.3 Å². The Balaban J connectivity index is 1.28. The van der Waals surface area contributed by atoms with E-state index in [1.54, 1.807) is 36.4 Å². The van der Waals surface area contributed by atoms with Gasteiger partial charge in [0.25, 0.3) is 0 Å². The number of rotatable bonds is 3. The first-order valence-corrected chi connectivity index (χ1v) is 19.8. The zero-order chi connectivity index (χ0) is 37.8. The topological polar surface area (TPSA) is 93.1 Å². The van der Waals surface area contributed by atoms with Gasteiger partial charge in [0.1, 0.15) is 5.60 Å². The fraction of sp³-hybridized carbons (Fsp3) is 0.600. The van der Waals surface area contributed by atoms with Crippen molar-refractivity contribution in [2.24, 2.45) is 22.7 Å². The van der Waals surface area contributed by atoms with Crippen LogP contribution in [0.25, 0.3) is 0 Å². The van der Waals surface area contributed by atoms with Gasteiger partial charge in [0.15, 0.2) is 15.6 Å². The maximum Gasteiger partial charge on any atom is 0.456 e. The van der Waals surface area contributed by atoms with Crippen molar-refractivity contribution in [1.82, 2.24) is 0 Å². The van der Waals surface area contributed by atoms with Crippen LogP contribution in [0.2, 0.25) is 0 Å². The van der Waals surface area contributed by atoms with Gasteiger partial charge in [-0.15, -0.1) is 0 Å². The number of sulfone groups is 1. The Kier molecular flexibility index (Phi) is 8.72. The Morgan fingerprint density at radius 1 is 0.827 bits per heavy atom. The quantitative estimate of drug-likeness (QED) is 0.190. The number of allylic oxidation sites excluding steroid dienone is 1. The Morgan fingerprint density at radius 2 is 1.40 bits per heavy atom. The summed E-state index contributed by atoms with van der Waals surface area (Å²) in [5.41, 5.74) is -3.03. The van der Waals surface area contributed by atoms with E-state index in [1.807, 2.05) is 13.8 Å². The largest absolute Gasteiger partial charge is 0.456 e. The van der Waals surface area contributed by atoms with Crippen LogP contribution in [0.1, 0.15) is 94.7 Å². The van der Waals surface area contributed by atoms with Gasteiger partial charge in [-0.2, -0.15) is 22.0 Å². The molecule has 2 aromatic rings. The van der Waals surface area contributed by atoms with Gasteiger partial charge in [-0.3, -0.25) is 0 Å². The minimum absolute atomic E-state index is 0.0101. The molecule has 1 saturated heterocycles. The van der Waals surface area contributed by atoms with Gasteiger partial charge in [0, 0.05) is 47.0 Å². The lowest BCUT2D eigenvalue weighted by Gasteiger charge is -2.59. The molecule has 1 aliphatic heterocycles. The van der Waals surface area contributed by atoms with E-state index in [0.29, 0.717) is 49.2 Å². The van der Waals surface area contributed by atoms with Gasteiger partial charge in [0.05, 0.1) is 23.7 Å². The summed E-state index contributed by atoms with van der Waals surface area (Å²) in [4.78, 5) is 0.173. The smallest absolute Gasteiger partial charge is 0.385 e. The van der Waals surface area contributed by atoms with Crippen LogP contribution in [0.3, 0.4) is 0 Å². The molecule has 4 aliphatic carbocycles. The molecule has 0 radical (unpaired) electrons. The molecule has 6 atom stereocenters. The first-order chi connectivity index (χ1) is 24.0. The highest BCUT2D eigenvalue weighted by Gasteiger charge is 2.79. The highest BCUT2D eigenvalue weighted by atomic mass is 32.2. The third kappa shape index (κ3) is 5.94. The standard InChI is InChI=1S/C40H45F5O6S/c1-34(2)23-50-37(51-24-34)19-16-32-33-29(15-18-36(32,46)22-37)31-17-20-38(47,39(41,42)40(43,44)45)35(31,3)21-30(33)27-11-7-25(8-12-27)5-6-26-9-13-28(14-10-26)52(4,48)49/h7-14,29-31,46-47H,15-24H2,1-4H3/t29?,30-,31?,35+,36?,38+/m1/s1. The van der Waals surface area contributed by atoms with Crippen LogP contribution in [0.5, 0.6) is 0 Å². The maximum absolute atomic E-state index is 15.4. The van der Waals surface area contributed by atoms with Crippen LogP contribution in [0.4, 0.5) is 22.0 Å². The fourth-order valence-corrected chi connectivity index (χ4v) is 10.7. The van der Waals surface area contributed by atoms with E-state index in [9.17, 15) is 31.8 Å². The number of aliphatic hydroxyl groups is 2. The Bertz CT molecular complexity index is 1930. The van der Waals surface area contributed by atoms with Crippen LogP contribution in [0, 0.1) is 34.5 Å². The van der Waals surface area contributed by atoms with Crippen molar-refractivity contribution in [3.8, 4) is 11.8 Å². The van der Waals surface area contributed by atoms with Gasteiger partial charge in [-0.05, 0) is 97.9 Å². The number of fused-ring (bicyclic) bond motifs is 4. The molecule has 2 N–H and O–H groups in total. The van der Waals surface area contributed by atoms with Crippen molar-refractivity contribution in [3.05, 3.63) is 76.4 Å². The van der Waals surface area contributed by atoms with E-state index in [1.165, 1.54) is 19.1 Å². The number of halogens is 5.